The van der Waals surface area contributed by atoms with E-state index in [1.54, 1.807) is 31.2 Å². The van der Waals surface area contributed by atoms with Crippen LogP contribution in [0.3, 0.4) is 0 Å². The minimum absolute atomic E-state index is 0.158. The van der Waals surface area contributed by atoms with Gasteiger partial charge in [0, 0.05) is 18.8 Å². The average Bonchev–Trinajstić information content (AvgIpc) is 2.39. The topological polar surface area (TPSA) is 93.0 Å². The molecule has 0 spiro atoms. The molecule has 1 unspecified atom stereocenters. The molecule has 0 saturated carbocycles. The zero-order chi connectivity index (χ0) is 14.3. The van der Waals surface area contributed by atoms with Gasteiger partial charge in [-0.05, 0) is 24.6 Å². The van der Waals surface area contributed by atoms with Crippen molar-refractivity contribution >= 4 is 11.7 Å². The second-order valence-electron chi connectivity index (χ2n) is 4.16. The third kappa shape index (κ3) is 4.86. The first-order chi connectivity index (χ1) is 9.08. The Morgan fingerprint density at radius 1 is 1.21 bits per heavy atom. The smallest absolute Gasteiger partial charge is 0.321 e. The summed E-state index contributed by atoms with van der Waals surface area (Å²) in [6, 6.07) is 6.45. The Bertz CT molecular complexity index is 386. The van der Waals surface area contributed by atoms with Crippen molar-refractivity contribution < 1.29 is 20.1 Å². The van der Waals surface area contributed by atoms with E-state index in [1.165, 1.54) is 4.90 Å². The van der Waals surface area contributed by atoms with Crippen LogP contribution < -0.4 is 5.32 Å². The molecule has 0 saturated heterocycles. The zero-order valence-electron chi connectivity index (χ0n) is 10.9. The van der Waals surface area contributed by atoms with Crippen molar-refractivity contribution in [3.8, 4) is 0 Å². The number of amides is 2. The van der Waals surface area contributed by atoms with E-state index in [1.807, 2.05) is 0 Å². The van der Waals surface area contributed by atoms with Crippen molar-refractivity contribution in [2.45, 2.75) is 13.0 Å². The number of hydrogen-bond donors (Lipinski definition) is 4. The summed E-state index contributed by atoms with van der Waals surface area (Å²) in [7, 11) is 0. The molecule has 106 valence electrons. The maximum atomic E-state index is 11.9. The van der Waals surface area contributed by atoms with Crippen molar-refractivity contribution in [3.05, 3.63) is 29.8 Å². The standard InChI is InChI=1S/C13H20N2O4/c1-10(18)11-2-4-12(5-3-11)14-13(19)15(6-8-16)7-9-17/h2-5,10,16-18H,6-9H2,1H3,(H,14,19). The number of aliphatic hydroxyl groups is 3. The van der Waals surface area contributed by atoms with Crippen LogP contribution in [0.1, 0.15) is 18.6 Å². The van der Waals surface area contributed by atoms with Gasteiger partial charge in [0.1, 0.15) is 0 Å². The largest absolute Gasteiger partial charge is 0.395 e. The Morgan fingerprint density at radius 2 is 1.74 bits per heavy atom. The summed E-state index contributed by atoms with van der Waals surface area (Å²) in [5, 5.41) is 29.7. The molecule has 0 aliphatic heterocycles. The van der Waals surface area contributed by atoms with E-state index in [-0.39, 0.29) is 32.3 Å². The Hall–Kier alpha value is -1.63. The number of urea groups is 1. The predicted octanol–water partition coefficient (Wildman–Crippen LogP) is 0.558. The van der Waals surface area contributed by atoms with Crippen molar-refractivity contribution in [2.24, 2.45) is 0 Å². The van der Waals surface area contributed by atoms with Crippen LogP contribution in [0.15, 0.2) is 24.3 Å². The van der Waals surface area contributed by atoms with E-state index in [2.05, 4.69) is 5.32 Å². The van der Waals surface area contributed by atoms with Crippen molar-refractivity contribution in [1.82, 2.24) is 4.90 Å². The highest BCUT2D eigenvalue weighted by Crippen LogP contribution is 2.15. The van der Waals surface area contributed by atoms with Gasteiger partial charge in [0.2, 0.25) is 0 Å². The highest BCUT2D eigenvalue weighted by atomic mass is 16.3. The van der Waals surface area contributed by atoms with E-state index < -0.39 is 6.10 Å². The summed E-state index contributed by atoms with van der Waals surface area (Å²) < 4.78 is 0. The highest BCUT2D eigenvalue weighted by Gasteiger charge is 2.12. The summed E-state index contributed by atoms with van der Waals surface area (Å²) in [4.78, 5) is 13.2. The molecule has 4 N–H and O–H groups in total. The molecule has 2 amide bonds. The van der Waals surface area contributed by atoms with Gasteiger partial charge in [-0.3, -0.25) is 0 Å². The number of anilines is 1. The summed E-state index contributed by atoms with van der Waals surface area (Å²) in [6.45, 7) is 1.68. The van der Waals surface area contributed by atoms with Gasteiger partial charge in [0.05, 0.1) is 19.3 Å². The second kappa shape index (κ2) is 7.73. The van der Waals surface area contributed by atoms with Gasteiger partial charge in [-0.2, -0.15) is 0 Å². The Morgan fingerprint density at radius 3 is 2.16 bits per heavy atom. The fourth-order valence-corrected chi connectivity index (χ4v) is 1.60. The molecular formula is C13H20N2O4. The van der Waals surface area contributed by atoms with Gasteiger partial charge in [-0.15, -0.1) is 0 Å². The van der Waals surface area contributed by atoms with E-state index in [0.717, 1.165) is 5.56 Å². The lowest BCUT2D eigenvalue weighted by molar-refractivity contribution is 0.167. The molecule has 1 aromatic carbocycles. The molecule has 0 aliphatic rings. The first-order valence-corrected chi connectivity index (χ1v) is 6.14. The Labute approximate surface area is 112 Å². The molecule has 6 nitrogen and oxygen atoms in total. The maximum absolute atomic E-state index is 11.9. The molecule has 0 fully saturated rings. The Kier molecular flexibility index (Phi) is 6.27. The van der Waals surface area contributed by atoms with Crippen molar-refractivity contribution in [3.63, 3.8) is 0 Å². The summed E-state index contributed by atoms with van der Waals surface area (Å²) in [5.74, 6) is 0. The van der Waals surface area contributed by atoms with Crippen molar-refractivity contribution in [1.29, 1.82) is 0 Å². The van der Waals surface area contributed by atoms with E-state index >= 15 is 0 Å². The van der Waals surface area contributed by atoms with Gasteiger partial charge in [0.25, 0.3) is 0 Å². The zero-order valence-corrected chi connectivity index (χ0v) is 10.9. The third-order valence-electron chi connectivity index (χ3n) is 2.67. The van der Waals surface area contributed by atoms with E-state index in [0.29, 0.717) is 5.69 Å². The molecule has 0 bridgehead atoms. The SMILES string of the molecule is CC(O)c1ccc(NC(=O)N(CCO)CCO)cc1. The lowest BCUT2D eigenvalue weighted by Crippen LogP contribution is -2.38. The van der Waals surface area contributed by atoms with Gasteiger partial charge >= 0.3 is 6.03 Å². The number of carbonyl (C=O) groups excluding carboxylic acids is 1. The lowest BCUT2D eigenvalue weighted by Gasteiger charge is -2.21. The minimum atomic E-state index is -0.551. The van der Waals surface area contributed by atoms with Crippen molar-refractivity contribution in [2.75, 3.05) is 31.6 Å². The van der Waals surface area contributed by atoms with Crippen LogP contribution in [-0.2, 0) is 0 Å². The maximum Gasteiger partial charge on any atom is 0.321 e. The van der Waals surface area contributed by atoms with Gasteiger partial charge < -0.3 is 25.5 Å². The number of nitrogens with one attached hydrogen (secondary N) is 1. The molecule has 0 aliphatic carbocycles. The number of aliphatic hydroxyl groups excluding tert-OH is 3. The quantitative estimate of drug-likeness (QED) is 0.606. The monoisotopic (exact) mass is 268 g/mol. The molecule has 19 heavy (non-hydrogen) atoms. The first-order valence-electron chi connectivity index (χ1n) is 6.14. The normalized spacial score (nSPS) is 12.0. The second-order valence-corrected chi connectivity index (χ2v) is 4.16. The predicted molar refractivity (Wildman–Crippen MR) is 71.8 cm³/mol. The summed E-state index contributed by atoms with van der Waals surface area (Å²) >= 11 is 0. The molecule has 1 aromatic rings. The molecule has 6 heteroatoms. The van der Waals surface area contributed by atoms with Crippen LogP contribution in [0.2, 0.25) is 0 Å². The number of rotatable bonds is 6. The average molecular weight is 268 g/mol. The summed E-state index contributed by atoms with van der Waals surface area (Å²) in [6.07, 6.45) is -0.551. The van der Waals surface area contributed by atoms with Crippen LogP contribution >= 0.6 is 0 Å². The molecule has 0 radical (unpaired) electrons. The Balaban J connectivity index is 2.64. The molecule has 1 rings (SSSR count). The van der Waals surface area contributed by atoms with E-state index in [4.69, 9.17) is 10.2 Å². The van der Waals surface area contributed by atoms with Crippen LogP contribution in [0.25, 0.3) is 0 Å². The summed E-state index contributed by atoms with van der Waals surface area (Å²) in [5.41, 5.74) is 1.36. The number of carbonyl (C=O) groups is 1. The van der Waals surface area contributed by atoms with Gasteiger partial charge in [-0.25, -0.2) is 4.79 Å². The molecule has 0 heterocycles. The first kappa shape index (κ1) is 15.4. The minimum Gasteiger partial charge on any atom is -0.395 e. The number of hydrogen-bond acceptors (Lipinski definition) is 4. The lowest BCUT2D eigenvalue weighted by atomic mass is 10.1. The number of nitrogens with zero attached hydrogens (tertiary/aromatic N) is 1. The third-order valence-corrected chi connectivity index (χ3v) is 2.67. The van der Waals surface area contributed by atoms with Crippen LogP contribution in [-0.4, -0.2) is 52.6 Å². The fraction of sp³-hybridized carbons (Fsp3) is 0.462. The van der Waals surface area contributed by atoms with Crippen LogP contribution in [0.5, 0.6) is 0 Å². The van der Waals surface area contributed by atoms with Crippen LogP contribution in [0.4, 0.5) is 10.5 Å². The molecular weight excluding hydrogens is 248 g/mol. The van der Waals surface area contributed by atoms with Gasteiger partial charge in [0.15, 0.2) is 0 Å². The van der Waals surface area contributed by atoms with Gasteiger partial charge in [-0.1, -0.05) is 12.1 Å². The van der Waals surface area contributed by atoms with E-state index in [9.17, 15) is 9.90 Å². The number of benzene rings is 1. The molecule has 0 aromatic heterocycles. The highest BCUT2D eigenvalue weighted by molar-refractivity contribution is 5.89. The molecule has 1 atom stereocenters. The fourth-order valence-electron chi connectivity index (χ4n) is 1.60. The van der Waals surface area contributed by atoms with Crippen LogP contribution in [0, 0.1) is 0 Å².